The van der Waals surface area contributed by atoms with Crippen LogP contribution >= 0.6 is 0 Å². The minimum atomic E-state index is -1.76. The number of alkyl halides is 1. The SMILES string of the molecule is CC1CC2(Cc3ccc(-c4cnc[n+](C)c4)cc3C23N=C(NC(=O)OC(C)(C)C)N(CC(C)(C)F)C3=O)CC(C)C1O. The van der Waals surface area contributed by atoms with Crippen LogP contribution in [0.3, 0.4) is 0 Å². The number of carbonyl (C=O) groups excluding carboxylic acids is 2. The second kappa shape index (κ2) is 10.1. The first-order valence-corrected chi connectivity index (χ1v) is 14.7. The first-order chi connectivity index (χ1) is 19.4. The van der Waals surface area contributed by atoms with Gasteiger partial charge in [-0.25, -0.2) is 18.7 Å². The monoisotopic (exact) mass is 580 g/mol. The van der Waals surface area contributed by atoms with Crippen molar-refractivity contribution in [3.63, 3.8) is 0 Å². The molecule has 10 heteroatoms. The van der Waals surface area contributed by atoms with Crippen molar-refractivity contribution in [2.24, 2.45) is 29.3 Å². The summed E-state index contributed by atoms with van der Waals surface area (Å²) in [5, 5.41) is 13.6. The van der Waals surface area contributed by atoms with Gasteiger partial charge in [0, 0.05) is 5.41 Å². The molecule has 42 heavy (non-hydrogen) atoms. The lowest BCUT2D eigenvalue weighted by molar-refractivity contribution is -0.674. The van der Waals surface area contributed by atoms with E-state index in [2.05, 4.69) is 10.3 Å². The summed E-state index contributed by atoms with van der Waals surface area (Å²) in [6.45, 7) is 11.8. The van der Waals surface area contributed by atoms with Crippen molar-refractivity contribution in [3.05, 3.63) is 48.0 Å². The highest BCUT2D eigenvalue weighted by Crippen LogP contribution is 2.63. The van der Waals surface area contributed by atoms with Crippen LogP contribution < -0.4 is 9.88 Å². The van der Waals surface area contributed by atoms with Crippen molar-refractivity contribution in [1.29, 1.82) is 0 Å². The number of nitrogens with one attached hydrogen (secondary N) is 1. The summed E-state index contributed by atoms with van der Waals surface area (Å²) in [7, 11) is 1.90. The summed E-state index contributed by atoms with van der Waals surface area (Å²) < 4.78 is 22.6. The Morgan fingerprint density at radius 2 is 1.86 bits per heavy atom. The van der Waals surface area contributed by atoms with Gasteiger partial charge in [-0.1, -0.05) is 31.0 Å². The fraction of sp³-hybridized carbons (Fsp3) is 0.594. The average Bonchev–Trinajstić information content (AvgIpc) is 3.27. The summed E-state index contributed by atoms with van der Waals surface area (Å²) in [6, 6.07) is 6.07. The number of benzene rings is 1. The number of fused-ring (bicyclic) bond motifs is 3. The number of rotatable bonds is 3. The molecule has 2 amide bonds. The Morgan fingerprint density at radius 1 is 1.19 bits per heavy atom. The van der Waals surface area contributed by atoms with E-state index in [-0.39, 0.29) is 30.2 Å². The third-order valence-corrected chi connectivity index (χ3v) is 8.76. The number of carbonyl (C=O) groups is 2. The van der Waals surface area contributed by atoms with E-state index in [0.29, 0.717) is 19.3 Å². The largest absolute Gasteiger partial charge is 0.444 e. The highest BCUT2D eigenvalue weighted by atomic mass is 19.1. The van der Waals surface area contributed by atoms with Gasteiger partial charge in [-0.05, 0) is 88.5 Å². The predicted octanol–water partition coefficient (Wildman–Crippen LogP) is 4.21. The van der Waals surface area contributed by atoms with Crippen molar-refractivity contribution in [2.45, 2.75) is 90.6 Å². The number of ether oxygens (including phenoxy) is 1. The number of aliphatic hydroxyl groups excluding tert-OH is 1. The molecule has 0 saturated heterocycles. The molecule has 2 aliphatic carbocycles. The summed E-state index contributed by atoms with van der Waals surface area (Å²) >= 11 is 0. The quantitative estimate of drug-likeness (QED) is 0.529. The molecule has 9 nitrogen and oxygen atoms in total. The fourth-order valence-corrected chi connectivity index (χ4v) is 7.33. The van der Waals surface area contributed by atoms with Crippen LogP contribution in [0.4, 0.5) is 9.18 Å². The van der Waals surface area contributed by atoms with Crippen molar-refractivity contribution >= 4 is 18.0 Å². The van der Waals surface area contributed by atoms with Crippen LogP contribution in [0.15, 0.2) is 41.9 Å². The smallest absolute Gasteiger partial charge is 0.414 e. The average molecular weight is 581 g/mol. The van der Waals surface area contributed by atoms with Crippen LogP contribution in [0.2, 0.25) is 0 Å². The lowest BCUT2D eigenvalue weighted by atomic mass is 9.56. The zero-order chi connectivity index (χ0) is 30.8. The number of alkyl carbamates (subject to hydrolysis) is 1. The van der Waals surface area contributed by atoms with E-state index >= 15 is 4.39 Å². The van der Waals surface area contributed by atoms with E-state index in [1.54, 1.807) is 33.3 Å². The molecule has 2 spiro atoms. The number of aliphatic hydroxyl groups is 1. The Labute approximate surface area is 247 Å². The van der Waals surface area contributed by atoms with E-state index < -0.39 is 34.4 Å². The van der Waals surface area contributed by atoms with Crippen LogP contribution in [0.1, 0.15) is 72.4 Å². The Hall–Kier alpha value is -3.40. The van der Waals surface area contributed by atoms with Gasteiger partial charge in [-0.2, -0.15) is 0 Å². The molecule has 5 rings (SSSR count). The zero-order valence-electron chi connectivity index (χ0n) is 25.9. The Kier molecular flexibility index (Phi) is 7.23. The van der Waals surface area contributed by atoms with Gasteiger partial charge in [-0.3, -0.25) is 15.0 Å². The number of aliphatic imine (C=N–C) groups is 1. The molecule has 2 aromatic rings. The minimum Gasteiger partial charge on any atom is -0.444 e. The predicted molar refractivity (Wildman–Crippen MR) is 156 cm³/mol. The van der Waals surface area contributed by atoms with Crippen molar-refractivity contribution in [2.75, 3.05) is 6.54 Å². The summed E-state index contributed by atoms with van der Waals surface area (Å²) in [6.07, 6.45) is 5.83. The van der Waals surface area contributed by atoms with Gasteiger partial charge in [-0.15, -0.1) is 0 Å². The van der Waals surface area contributed by atoms with Crippen LogP contribution in [-0.2, 0) is 28.5 Å². The van der Waals surface area contributed by atoms with Crippen molar-refractivity contribution in [1.82, 2.24) is 15.2 Å². The first-order valence-electron chi connectivity index (χ1n) is 14.7. The normalized spacial score (nSPS) is 29.2. The van der Waals surface area contributed by atoms with Crippen molar-refractivity contribution < 1.29 is 28.4 Å². The third kappa shape index (κ3) is 5.18. The molecule has 1 aromatic carbocycles. The minimum absolute atomic E-state index is 0.0168. The van der Waals surface area contributed by atoms with Gasteiger partial charge in [0.15, 0.2) is 11.7 Å². The molecule has 1 fully saturated rings. The zero-order valence-corrected chi connectivity index (χ0v) is 25.9. The van der Waals surface area contributed by atoms with E-state index in [0.717, 1.165) is 22.3 Å². The summed E-state index contributed by atoms with van der Waals surface area (Å²) in [5.74, 6) is -0.568. The highest BCUT2D eigenvalue weighted by molar-refractivity contribution is 6.12. The van der Waals surface area contributed by atoms with Gasteiger partial charge in [0.1, 0.15) is 17.5 Å². The number of amides is 2. The first kappa shape index (κ1) is 30.1. The van der Waals surface area contributed by atoms with E-state index in [4.69, 9.17) is 9.73 Å². The maximum atomic E-state index is 15.3. The molecular weight excluding hydrogens is 537 g/mol. The number of hydrogen-bond acceptors (Lipinski definition) is 6. The van der Waals surface area contributed by atoms with Crippen LogP contribution in [-0.4, -0.2) is 56.9 Å². The number of guanidine groups is 1. The molecule has 1 saturated carbocycles. The van der Waals surface area contributed by atoms with Gasteiger partial charge in [0.25, 0.3) is 12.2 Å². The molecule has 2 heterocycles. The third-order valence-electron chi connectivity index (χ3n) is 8.76. The molecule has 1 aliphatic heterocycles. The highest BCUT2D eigenvalue weighted by Gasteiger charge is 2.68. The Morgan fingerprint density at radius 3 is 2.45 bits per heavy atom. The van der Waals surface area contributed by atoms with Gasteiger partial charge in [0.05, 0.1) is 25.3 Å². The van der Waals surface area contributed by atoms with Gasteiger partial charge in [0.2, 0.25) is 5.96 Å². The lowest BCUT2D eigenvalue weighted by Crippen LogP contribution is -2.56. The summed E-state index contributed by atoms with van der Waals surface area (Å²) in [5.41, 5.74) is -1.16. The molecule has 2 N–H and O–H groups in total. The summed E-state index contributed by atoms with van der Waals surface area (Å²) in [4.78, 5) is 38.6. The number of halogens is 1. The maximum Gasteiger partial charge on any atom is 0.414 e. The number of nitrogens with zero attached hydrogens (tertiary/aromatic N) is 4. The van der Waals surface area contributed by atoms with Crippen LogP contribution in [0, 0.1) is 17.3 Å². The van der Waals surface area contributed by atoms with E-state index in [1.807, 2.05) is 49.9 Å². The van der Waals surface area contributed by atoms with E-state index in [1.165, 1.54) is 18.7 Å². The van der Waals surface area contributed by atoms with Crippen LogP contribution in [0.5, 0.6) is 0 Å². The van der Waals surface area contributed by atoms with Gasteiger partial charge >= 0.3 is 6.09 Å². The molecule has 3 atom stereocenters. The Bertz CT molecular complexity index is 1430. The number of hydrogen-bond donors (Lipinski definition) is 2. The molecular formula is C32H43FN5O4+. The molecule has 3 unspecified atom stereocenters. The standard InChI is InChI=1S/C32H42FN5O4/c1-19-12-31(13-20(2)25(19)39)14-22-10-9-21(23-15-34-18-37(8)16-23)11-24(22)32(31)26(40)38(17-30(6,7)33)27(36-32)35-28(41)42-29(3,4)5/h9-11,15-16,18-20,25,39H,12-14,17H2,1-8H3/p+1. The van der Waals surface area contributed by atoms with Crippen LogP contribution in [0.25, 0.3) is 11.1 Å². The molecule has 0 radical (unpaired) electrons. The lowest BCUT2D eigenvalue weighted by Gasteiger charge is -2.49. The molecule has 3 aliphatic rings. The second-order valence-corrected chi connectivity index (χ2v) is 14.2. The molecule has 226 valence electrons. The molecule has 1 aromatic heterocycles. The molecule has 0 bridgehead atoms. The second-order valence-electron chi connectivity index (χ2n) is 14.2. The topological polar surface area (TPSA) is 108 Å². The number of aromatic nitrogens is 2. The van der Waals surface area contributed by atoms with Crippen molar-refractivity contribution in [3.8, 4) is 11.1 Å². The fourth-order valence-electron chi connectivity index (χ4n) is 7.33. The van der Waals surface area contributed by atoms with E-state index in [9.17, 15) is 14.7 Å². The number of aryl methyl sites for hydroxylation is 1. The van der Waals surface area contributed by atoms with Gasteiger partial charge < -0.3 is 9.84 Å². The maximum absolute atomic E-state index is 15.3. The Balaban J connectivity index is 1.72.